The van der Waals surface area contributed by atoms with Gasteiger partial charge in [-0.1, -0.05) is 23.7 Å². The SMILES string of the molecule is CCOC(=O)c1c(C)nc2[nH]ncc2c1-c1ccc(Cl)cc1. The number of H-pyrrole nitrogens is 1. The van der Waals surface area contributed by atoms with E-state index < -0.39 is 0 Å². The fourth-order valence-electron chi connectivity index (χ4n) is 2.46. The van der Waals surface area contributed by atoms with Crippen molar-refractivity contribution in [3.05, 3.63) is 46.7 Å². The van der Waals surface area contributed by atoms with Crippen LogP contribution in [0.25, 0.3) is 22.2 Å². The van der Waals surface area contributed by atoms with Gasteiger partial charge in [0.15, 0.2) is 5.65 Å². The van der Waals surface area contributed by atoms with E-state index in [-0.39, 0.29) is 5.97 Å². The van der Waals surface area contributed by atoms with Gasteiger partial charge in [-0.3, -0.25) is 5.10 Å². The molecule has 1 N–H and O–H groups in total. The third kappa shape index (κ3) is 2.44. The highest BCUT2D eigenvalue weighted by Crippen LogP contribution is 2.33. The molecule has 3 aromatic rings. The van der Waals surface area contributed by atoms with Crippen molar-refractivity contribution in [1.29, 1.82) is 0 Å². The number of rotatable bonds is 3. The van der Waals surface area contributed by atoms with E-state index in [4.69, 9.17) is 16.3 Å². The van der Waals surface area contributed by atoms with Crippen molar-refractivity contribution >= 4 is 28.6 Å². The molecular formula is C16H14ClN3O2. The van der Waals surface area contributed by atoms with Gasteiger partial charge in [-0.15, -0.1) is 0 Å². The van der Waals surface area contributed by atoms with Crippen LogP contribution in [-0.4, -0.2) is 27.8 Å². The topological polar surface area (TPSA) is 67.9 Å². The quantitative estimate of drug-likeness (QED) is 0.747. The molecule has 0 unspecified atom stereocenters. The van der Waals surface area contributed by atoms with E-state index in [0.717, 1.165) is 16.5 Å². The zero-order valence-corrected chi connectivity index (χ0v) is 12.9. The molecule has 0 aliphatic heterocycles. The second-order valence-electron chi connectivity index (χ2n) is 4.81. The fourth-order valence-corrected chi connectivity index (χ4v) is 2.58. The number of carbonyl (C=O) groups is 1. The molecule has 3 rings (SSSR count). The fraction of sp³-hybridized carbons (Fsp3) is 0.188. The minimum atomic E-state index is -0.388. The third-order valence-corrected chi connectivity index (χ3v) is 3.64. The van der Waals surface area contributed by atoms with Crippen LogP contribution in [0.4, 0.5) is 0 Å². The van der Waals surface area contributed by atoms with Gasteiger partial charge >= 0.3 is 5.97 Å². The van der Waals surface area contributed by atoms with Crippen molar-refractivity contribution in [1.82, 2.24) is 15.2 Å². The van der Waals surface area contributed by atoms with E-state index in [1.807, 2.05) is 12.1 Å². The zero-order valence-electron chi connectivity index (χ0n) is 12.2. The van der Waals surface area contributed by atoms with Crippen molar-refractivity contribution in [2.45, 2.75) is 13.8 Å². The van der Waals surface area contributed by atoms with Gasteiger partial charge in [-0.05, 0) is 31.5 Å². The monoisotopic (exact) mass is 315 g/mol. The standard InChI is InChI=1S/C16H14ClN3O2/c1-3-22-16(21)13-9(2)19-15-12(8-18-20-15)14(13)10-4-6-11(17)7-5-10/h4-8H,3H2,1-2H3,(H,18,19,20). The van der Waals surface area contributed by atoms with Crippen LogP contribution >= 0.6 is 11.6 Å². The Bertz CT molecular complexity index is 840. The van der Waals surface area contributed by atoms with Gasteiger partial charge < -0.3 is 4.74 Å². The molecule has 0 radical (unpaired) electrons. The molecule has 0 amide bonds. The van der Waals surface area contributed by atoms with Crippen molar-refractivity contribution in [2.75, 3.05) is 6.61 Å². The number of esters is 1. The molecular weight excluding hydrogens is 302 g/mol. The van der Waals surface area contributed by atoms with Crippen LogP contribution in [0.3, 0.4) is 0 Å². The average molecular weight is 316 g/mol. The lowest BCUT2D eigenvalue weighted by molar-refractivity contribution is 0.0526. The van der Waals surface area contributed by atoms with Crippen molar-refractivity contribution in [2.24, 2.45) is 0 Å². The molecule has 0 aliphatic carbocycles. The van der Waals surface area contributed by atoms with Crippen molar-refractivity contribution in [3.63, 3.8) is 0 Å². The smallest absolute Gasteiger partial charge is 0.340 e. The van der Waals surface area contributed by atoms with Crippen LogP contribution in [0, 0.1) is 6.92 Å². The molecule has 5 nitrogen and oxygen atoms in total. The number of hydrogen-bond acceptors (Lipinski definition) is 4. The highest BCUT2D eigenvalue weighted by atomic mass is 35.5. The Balaban J connectivity index is 2.33. The van der Waals surface area contributed by atoms with Gasteiger partial charge in [0.2, 0.25) is 0 Å². The number of nitrogens with one attached hydrogen (secondary N) is 1. The number of hydrogen-bond donors (Lipinski definition) is 1. The Morgan fingerprint density at radius 3 is 2.73 bits per heavy atom. The number of aromatic amines is 1. The number of nitrogens with zero attached hydrogens (tertiary/aromatic N) is 2. The van der Waals surface area contributed by atoms with E-state index in [1.165, 1.54) is 0 Å². The number of halogens is 1. The Morgan fingerprint density at radius 2 is 2.05 bits per heavy atom. The first-order valence-corrected chi connectivity index (χ1v) is 7.26. The Hall–Kier alpha value is -2.40. The van der Waals surface area contributed by atoms with Crippen LogP contribution in [0.1, 0.15) is 23.0 Å². The number of ether oxygens (including phenoxy) is 1. The molecule has 0 aliphatic rings. The maximum Gasteiger partial charge on any atom is 0.340 e. The van der Waals surface area contributed by atoms with Crippen molar-refractivity contribution < 1.29 is 9.53 Å². The summed E-state index contributed by atoms with van der Waals surface area (Å²) in [7, 11) is 0. The van der Waals surface area contributed by atoms with E-state index in [2.05, 4.69) is 15.2 Å². The first-order chi connectivity index (χ1) is 10.6. The molecule has 0 saturated carbocycles. The lowest BCUT2D eigenvalue weighted by Gasteiger charge is -2.12. The summed E-state index contributed by atoms with van der Waals surface area (Å²) in [5.41, 5.74) is 3.31. The summed E-state index contributed by atoms with van der Waals surface area (Å²) in [5.74, 6) is -0.388. The molecule has 0 fully saturated rings. The molecule has 1 aromatic carbocycles. The molecule has 0 atom stereocenters. The average Bonchev–Trinajstić information content (AvgIpc) is 2.94. The first-order valence-electron chi connectivity index (χ1n) is 6.88. The van der Waals surface area contributed by atoms with Gasteiger partial charge in [0.1, 0.15) is 0 Å². The number of pyridine rings is 1. The van der Waals surface area contributed by atoms with Gasteiger partial charge in [0.05, 0.1) is 24.1 Å². The maximum absolute atomic E-state index is 12.4. The predicted molar refractivity (Wildman–Crippen MR) is 85.0 cm³/mol. The van der Waals surface area contributed by atoms with Crippen LogP contribution in [0.15, 0.2) is 30.5 Å². The molecule has 22 heavy (non-hydrogen) atoms. The highest BCUT2D eigenvalue weighted by Gasteiger charge is 2.22. The molecule has 0 bridgehead atoms. The highest BCUT2D eigenvalue weighted by molar-refractivity contribution is 6.30. The number of fused-ring (bicyclic) bond motifs is 1. The number of benzene rings is 1. The molecule has 112 valence electrons. The van der Waals surface area contributed by atoms with E-state index >= 15 is 0 Å². The van der Waals surface area contributed by atoms with E-state index in [9.17, 15) is 4.79 Å². The van der Waals surface area contributed by atoms with Gasteiger partial charge in [0.25, 0.3) is 0 Å². The summed E-state index contributed by atoms with van der Waals surface area (Å²) in [6.45, 7) is 3.87. The summed E-state index contributed by atoms with van der Waals surface area (Å²) in [6, 6.07) is 7.31. The minimum absolute atomic E-state index is 0.307. The molecule has 0 saturated heterocycles. The van der Waals surface area contributed by atoms with Crippen LogP contribution < -0.4 is 0 Å². The van der Waals surface area contributed by atoms with E-state index in [0.29, 0.717) is 28.5 Å². The van der Waals surface area contributed by atoms with Gasteiger partial charge in [0, 0.05) is 16.0 Å². The minimum Gasteiger partial charge on any atom is -0.462 e. The second-order valence-corrected chi connectivity index (χ2v) is 5.24. The van der Waals surface area contributed by atoms with Gasteiger partial charge in [-0.2, -0.15) is 5.10 Å². The Labute approximate surface area is 132 Å². The predicted octanol–water partition coefficient (Wildman–Crippen LogP) is 3.76. The van der Waals surface area contributed by atoms with Crippen LogP contribution in [0.2, 0.25) is 5.02 Å². The summed E-state index contributed by atoms with van der Waals surface area (Å²) in [5, 5.41) is 8.28. The number of aromatic nitrogens is 3. The van der Waals surface area contributed by atoms with Gasteiger partial charge in [-0.25, -0.2) is 9.78 Å². The molecule has 2 heterocycles. The Kier molecular flexibility index (Phi) is 3.81. The summed E-state index contributed by atoms with van der Waals surface area (Å²) < 4.78 is 5.18. The molecule has 0 spiro atoms. The number of aryl methyl sites for hydroxylation is 1. The number of carbonyl (C=O) groups excluding carboxylic acids is 1. The maximum atomic E-state index is 12.4. The third-order valence-electron chi connectivity index (χ3n) is 3.39. The molecule has 6 heteroatoms. The summed E-state index contributed by atoms with van der Waals surface area (Å²) >= 11 is 5.96. The lowest BCUT2D eigenvalue weighted by Crippen LogP contribution is -2.10. The summed E-state index contributed by atoms with van der Waals surface area (Å²) in [6.07, 6.45) is 1.66. The first kappa shape index (κ1) is 14.5. The zero-order chi connectivity index (χ0) is 15.7. The normalized spacial score (nSPS) is 10.9. The Morgan fingerprint density at radius 1 is 1.32 bits per heavy atom. The lowest BCUT2D eigenvalue weighted by atomic mass is 9.96. The largest absolute Gasteiger partial charge is 0.462 e. The summed E-state index contributed by atoms with van der Waals surface area (Å²) in [4.78, 5) is 16.8. The van der Waals surface area contributed by atoms with Crippen molar-refractivity contribution in [3.8, 4) is 11.1 Å². The molecule has 2 aromatic heterocycles. The van der Waals surface area contributed by atoms with Crippen LogP contribution in [0.5, 0.6) is 0 Å². The van der Waals surface area contributed by atoms with E-state index in [1.54, 1.807) is 32.2 Å². The van der Waals surface area contributed by atoms with Crippen LogP contribution in [-0.2, 0) is 4.74 Å². The second kappa shape index (κ2) is 5.77.